The highest BCUT2D eigenvalue weighted by Gasteiger charge is 2.51. The van der Waals surface area contributed by atoms with Gasteiger partial charge in [0.2, 0.25) is 0 Å². The Labute approximate surface area is 192 Å². The van der Waals surface area contributed by atoms with Gasteiger partial charge in [0.25, 0.3) is 5.91 Å². The number of allylic oxidation sites excluding steroid dienone is 1. The first kappa shape index (κ1) is 23.1. The summed E-state index contributed by atoms with van der Waals surface area (Å²) in [5.74, 6) is 2.79. The minimum atomic E-state index is -0.150. The third-order valence-electron chi connectivity index (χ3n) is 7.84. The molecule has 1 aromatic carbocycles. The lowest BCUT2D eigenvalue weighted by molar-refractivity contribution is -0.0123. The molecule has 6 heteroatoms. The molecule has 4 aliphatic rings. The van der Waals surface area contributed by atoms with Crippen molar-refractivity contribution in [3.8, 4) is 11.5 Å². The van der Waals surface area contributed by atoms with Gasteiger partial charge in [-0.05, 0) is 55.1 Å². The van der Waals surface area contributed by atoms with E-state index in [1.54, 1.807) is 31.9 Å². The molecule has 0 unspecified atom stereocenters. The number of piperidine rings is 1. The van der Waals surface area contributed by atoms with E-state index in [0.29, 0.717) is 35.6 Å². The van der Waals surface area contributed by atoms with Crippen LogP contribution < -0.4 is 14.8 Å². The second-order valence-electron chi connectivity index (χ2n) is 10.0. The highest BCUT2D eigenvalue weighted by atomic mass is 16.5. The van der Waals surface area contributed by atoms with Crippen LogP contribution >= 0.6 is 0 Å². The predicted octanol–water partition coefficient (Wildman–Crippen LogP) is 3.91. The van der Waals surface area contributed by atoms with Crippen molar-refractivity contribution >= 4 is 5.91 Å². The quantitative estimate of drug-likeness (QED) is 0.464. The molecule has 2 bridgehead atoms. The highest BCUT2D eigenvalue weighted by Crippen LogP contribution is 2.59. The number of nitrogens with one attached hydrogen (secondary N) is 1. The zero-order valence-corrected chi connectivity index (χ0v) is 20.0. The first-order valence-corrected chi connectivity index (χ1v) is 12.0. The molecule has 0 spiro atoms. The van der Waals surface area contributed by atoms with Crippen LogP contribution in [0.1, 0.15) is 49.9 Å². The fraction of sp³-hybridized carbons (Fsp3) is 0.654. The van der Waals surface area contributed by atoms with E-state index in [0.717, 1.165) is 44.3 Å². The summed E-state index contributed by atoms with van der Waals surface area (Å²) in [6.07, 6.45) is 7.18. The first-order valence-electron chi connectivity index (χ1n) is 12.0. The molecule has 176 valence electrons. The van der Waals surface area contributed by atoms with E-state index in [1.165, 1.54) is 12.8 Å². The maximum Gasteiger partial charge on any atom is 0.255 e. The van der Waals surface area contributed by atoms with E-state index in [4.69, 9.17) is 14.2 Å². The van der Waals surface area contributed by atoms with E-state index < -0.39 is 0 Å². The lowest BCUT2D eigenvalue weighted by atomic mass is 9.49. The van der Waals surface area contributed by atoms with E-state index >= 15 is 0 Å². The number of fused-ring (bicyclic) bond motifs is 1. The Morgan fingerprint density at radius 2 is 2.00 bits per heavy atom. The molecule has 6 nitrogen and oxygen atoms in total. The Hall–Kier alpha value is -2.05. The highest BCUT2D eigenvalue weighted by molar-refractivity contribution is 5.97. The molecule has 1 aromatic rings. The van der Waals surface area contributed by atoms with E-state index in [9.17, 15) is 4.79 Å². The second kappa shape index (κ2) is 9.84. The molecule has 0 aromatic heterocycles. The SMILES string of the molecule is COCCNC(=O)c1ccc(OC)cc1OC1CCN(CC2=CC[C@H]3C[C@@H]2C3(C)C)CC1. The Kier molecular flexibility index (Phi) is 7.11. The van der Waals surface area contributed by atoms with Crippen LogP contribution in [0.3, 0.4) is 0 Å². The number of ether oxygens (including phenoxy) is 3. The van der Waals surface area contributed by atoms with Crippen LogP contribution in [-0.4, -0.2) is 63.9 Å². The van der Waals surface area contributed by atoms with Crippen molar-refractivity contribution in [2.45, 2.75) is 45.6 Å². The number of methoxy groups -OCH3 is 2. The molecule has 32 heavy (non-hydrogen) atoms. The summed E-state index contributed by atoms with van der Waals surface area (Å²) in [4.78, 5) is 15.2. The number of hydrogen-bond donors (Lipinski definition) is 1. The summed E-state index contributed by atoms with van der Waals surface area (Å²) in [7, 11) is 3.25. The monoisotopic (exact) mass is 442 g/mol. The van der Waals surface area contributed by atoms with Gasteiger partial charge in [0.15, 0.2) is 0 Å². The van der Waals surface area contributed by atoms with Gasteiger partial charge in [0.05, 0.1) is 19.3 Å². The normalized spacial score (nSPS) is 24.9. The van der Waals surface area contributed by atoms with Crippen molar-refractivity contribution in [2.24, 2.45) is 17.3 Å². The average Bonchev–Trinajstić information content (AvgIpc) is 2.80. The van der Waals surface area contributed by atoms with Crippen molar-refractivity contribution in [1.29, 1.82) is 0 Å². The van der Waals surface area contributed by atoms with E-state index in [2.05, 4.69) is 30.1 Å². The maximum absolute atomic E-state index is 12.6. The lowest BCUT2D eigenvalue weighted by Gasteiger charge is -2.57. The number of rotatable bonds is 9. The zero-order valence-electron chi connectivity index (χ0n) is 20.0. The van der Waals surface area contributed by atoms with Crippen LogP contribution in [0.5, 0.6) is 11.5 Å². The summed E-state index contributed by atoms with van der Waals surface area (Å²) < 4.78 is 16.7. The standard InChI is InChI=1S/C26H38N2O4/c1-26(2)19-6-5-18(23(26)15-19)17-28-12-9-20(10-13-28)32-24-16-21(31-4)7-8-22(24)25(29)27-11-14-30-3/h5,7-8,16,19-20,23H,6,9-15,17H2,1-4H3,(H,27,29)/t19-,23-/m0/s1. The fourth-order valence-electron chi connectivity index (χ4n) is 5.56. The van der Waals surface area contributed by atoms with Crippen LogP contribution in [0, 0.1) is 17.3 Å². The number of carbonyl (C=O) groups excluding carboxylic acids is 1. The Balaban J connectivity index is 1.33. The zero-order chi connectivity index (χ0) is 22.7. The van der Waals surface area contributed by atoms with Gasteiger partial charge in [-0.3, -0.25) is 9.69 Å². The van der Waals surface area contributed by atoms with Crippen LogP contribution in [0.4, 0.5) is 0 Å². The molecule has 1 amide bonds. The van der Waals surface area contributed by atoms with Gasteiger partial charge in [-0.25, -0.2) is 0 Å². The summed E-state index contributed by atoms with van der Waals surface area (Å²) in [6.45, 7) is 8.97. The Bertz CT molecular complexity index is 842. The van der Waals surface area contributed by atoms with Crippen LogP contribution in [-0.2, 0) is 4.74 Å². The molecular formula is C26H38N2O4. The van der Waals surface area contributed by atoms with Crippen molar-refractivity contribution < 1.29 is 19.0 Å². The molecule has 1 heterocycles. The molecule has 1 saturated carbocycles. The van der Waals surface area contributed by atoms with Gasteiger partial charge >= 0.3 is 0 Å². The lowest BCUT2D eigenvalue weighted by Crippen LogP contribution is -2.50. The number of nitrogens with zero attached hydrogens (tertiary/aromatic N) is 1. The molecular weight excluding hydrogens is 404 g/mol. The second-order valence-corrected chi connectivity index (χ2v) is 10.0. The van der Waals surface area contributed by atoms with Gasteiger partial charge in [-0.15, -0.1) is 0 Å². The van der Waals surface area contributed by atoms with E-state index in [-0.39, 0.29) is 12.0 Å². The molecule has 1 aliphatic heterocycles. The van der Waals surface area contributed by atoms with Gasteiger partial charge in [0, 0.05) is 39.4 Å². The van der Waals surface area contributed by atoms with Crippen molar-refractivity contribution in [3.05, 3.63) is 35.4 Å². The molecule has 3 aliphatic carbocycles. The number of amides is 1. The largest absolute Gasteiger partial charge is 0.497 e. The molecule has 5 rings (SSSR count). The molecule has 1 N–H and O–H groups in total. The molecule has 1 saturated heterocycles. The van der Waals surface area contributed by atoms with Crippen LogP contribution in [0.2, 0.25) is 0 Å². The third kappa shape index (κ3) is 4.81. The Morgan fingerprint density at radius 3 is 2.66 bits per heavy atom. The minimum absolute atomic E-state index is 0.105. The number of benzene rings is 1. The number of carbonyl (C=O) groups is 1. The first-order chi connectivity index (χ1) is 15.4. The summed E-state index contributed by atoms with van der Waals surface area (Å²) in [5, 5.41) is 2.88. The molecule has 2 atom stereocenters. The van der Waals surface area contributed by atoms with Crippen molar-refractivity contribution in [2.75, 3.05) is 47.0 Å². The van der Waals surface area contributed by atoms with Crippen LogP contribution in [0.25, 0.3) is 0 Å². The Morgan fingerprint density at radius 1 is 1.22 bits per heavy atom. The third-order valence-corrected chi connectivity index (χ3v) is 7.84. The van der Waals surface area contributed by atoms with Gasteiger partial charge in [0.1, 0.15) is 17.6 Å². The minimum Gasteiger partial charge on any atom is -0.497 e. The summed E-state index contributed by atoms with van der Waals surface area (Å²) in [6, 6.07) is 5.39. The smallest absolute Gasteiger partial charge is 0.255 e. The fourth-order valence-corrected chi connectivity index (χ4v) is 5.56. The average molecular weight is 443 g/mol. The molecule has 0 radical (unpaired) electrons. The summed E-state index contributed by atoms with van der Waals surface area (Å²) in [5.41, 5.74) is 2.68. The van der Waals surface area contributed by atoms with E-state index in [1.807, 2.05) is 6.07 Å². The van der Waals surface area contributed by atoms with Crippen LogP contribution in [0.15, 0.2) is 29.8 Å². The number of likely N-dealkylation sites (tertiary alicyclic amines) is 1. The van der Waals surface area contributed by atoms with Crippen molar-refractivity contribution in [3.63, 3.8) is 0 Å². The summed E-state index contributed by atoms with van der Waals surface area (Å²) >= 11 is 0. The van der Waals surface area contributed by atoms with Crippen molar-refractivity contribution in [1.82, 2.24) is 10.2 Å². The number of hydrogen-bond acceptors (Lipinski definition) is 5. The van der Waals surface area contributed by atoms with Gasteiger partial charge < -0.3 is 19.5 Å². The van der Waals surface area contributed by atoms with Gasteiger partial charge in [-0.2, -0.15) is 0 Å². The maximum atomic E-state index is 12.6. The predicted molar refractivity (Wildman–Crippen MR) is 125 cm³/mol. The molecule has 2 fully saturated rings. The van der Waals surface area contributed by atoms with Gasteiger partial charge in [-0.1, -0.05) is 25.5 Å². The topological polar surface area (TPSA) is 60.0 Å².